The van der Waals surface area contributed by atoms with Gasteiger partial charge in [-0.1, -0.05) is 19.8 Å². The van der Waals surface area contributed by atoms with Gasteiger partial charge in [0, 0.05) is 25.1 Å². The number of hydrogen-bond donors (Lipinski definition) is 1. The van der Waals surface area contributed by atoms with E-state index in [2.05, 4.69) is 17.1 Å². The van der Waals surface area contributed by atoms with Crippen LogP contribution in [0.2, 0.25) is 0 Å². The number of hydrogen-bond acceptors (Lipinski definition) is 3. The molecule has 2 rings (SSSR count). The second-order valence-corrected chi connectivity index (χ2v) is 5.50. The van der Waals surface area contributed by atoms with E-state index in [0.717, 1.165) is 25.7 Å². The van der Waals surface area contributed by atoms with Crippen molar-refractivity contribution in [3.63, 3.8) is 0 Å². The average molecular weight is 240 g/mol. The minimum Gasteiger partial charge on any atom is -0.381 e. The predicted octanol–water partition coefficient (Wildman–Crippen LogP) is 1.88. The number of likely N-dealkylation sites (tertiary alicyclic amines) is 1. The Hall–Kier alpha value is -0.120. The van der Waals surface area contributed by atoms with Gasteiger partial charge in [0.15, 0.2) is 0 Å². The van der Waals surface area contributed by atoms with Crippen LogP contribution in [-0.4, -0.2) is 50.3 Å². The monoisotopic (exact) mass is 240 g/mol. The van der Waals surface area contributed by atoms with Crippen LogP contribution < -0.4 is 5.32 Å². The standard InChI is InChI=1S/C14H28N2O/c1-2-15-14(13-7-10-17-12-13)11-16-8-5-3-4-6-9-16/h13-15H,2-12H2,1H3. The molecule has 17 heavy (non-hydrogen) atoms. The zero-order valence-corrected chi connectivity index (χ0v) is 11.3. The molecule has 2 aliphatic rings. The van der Waals surface area contributed by atoms with E-state index >= 15 is 0 Å². The van der Waals surface area contributed by atoms with Crippen LogP contribution in [0.4, 0.5) is 0 Å². The molecule has 0 aromatic heterocycles. The van der Waals surface area contributed by atoms with E-state index in [9.17, 15) is 0 Å². The molecule has 0 radical (unpaired) electrons. The molecule has 0 bridgehead atoms. The average Bonchev–Trinajstić information content (AvgIpc) is 2.75. The van der Waals surface area contributed by atoms with E-state index in [0.29, 0.717) is 6.04 Å². The van der Waals surface area contributed by atoms with Gasteiger partial charge in [0.2, 0.25) is 0 Å². The predicted molar refractivity (Wildman–Crippen MR) is 71.3 cm³/mol. The minimum absolute atomic E-state index is 0.639. The molecule has 0 aromatic carbocycles. The van der Waals surface area contributed by atoms with Gasteiger partial charge in [-0.3, -0.25) is 0 Å². The third-order valence-electron chi connectivity index (χ3n) is 4.15. The van der Waals surface area contributed by atoms with Gasteiger partial charge in [0.1, 0.15) is 0 Å². The lowest BCUT2D eigenvalue weighted by atomic mass is 9.98. The highest BCUT2D eigenvalue weighted by Crippen LogP contribution is 2.19. The molecule has 2 unspecified atom stereocenters. The van der Waals surface area contributed by atoms with E-state index in [1.54, 1.807) is 0 Å². The van der Waals surface area contributed by atoms with Crippen molar-refractivity contribution in [2.24, 2.45) is 5.92 Å². The van der Waals surface area contributed by atoms with Crippen molar-refractivity contribution in [2.45, 2.75) is 45.1 Å². The molecular weight excluding hydrogens is 212 g/mol. The third-order valence-corrected chi connectivity index (χ3v) is 4.15. The zero-order chi connectivity index (χ0) is 11.9. The molecule has 100 valence electrons. The summed E-state index contributed by atoms with van der Waals surface area (Å²) in [6, 6.07) is 0.639. The van der Waals surface area contributed by atoms with Crippen LogP contribution >= 0.6 is 0 Å². The van der Waals surface area contributed by atoms with E-state index in [-0.39, 0.29) is 0 Å². The van der Waals surface area contributed by atoms with Crippen LogP contribution in [0.15, 0.2) is 0 Å². The highest BCUT2D eigenvalue weighted by molar-refractivity contribution is 4.82. The molecule has 3 nitrogen and oxygen atoms in total. The van der Waals surface area contributed by atoms with E-state index in [1.165, 1.54) is 51.7 Å². The SMILES string of the molecule is CCNC(CN1CCCCCC1)C1CCOC1. The molecule has 2 heterocycles. The fourth-order valence-corrected chi connectivity index (χ4v) is 3.11. The lowest BCUT2D eigenvalue weighted by Gasteiger charge is -2.30. The van der Waals surface area contributed by atoms with Crippen molar-refractivity contribution in [3.8, 4) is 0 Å². The molecule has 3 heteroatoms. The van der Waals surface area contributed by atoms with Crippen molar-refractivity contribution < 1.29 is 4.74 Å². The molecule has 0 aliphatic carbocycles. The van der Waals surface area contributed by atoms with Crippen LogP contribution in [0.1, 0.15) is 39.0 Å². The summed E-state index contributed by atoms with van der Waals surface area (Å²) in [6.07, 6.45) is 6.87. The van der Waals surface area contributed by atoms with Gasteiger partial charge in [0.25, 0.3) is 0 Å². The number of likely N-dealkylation sites (N-methyl/N-ethyl adjacent to an activating group) is 1. The van der Waals surface area contributed by atoms with Gasteiger partial charge in [-0.25, -0.2) is 0 Å². The number of nitrogens with one attached hydrogen (secondary N) is 1. The smallest absolute Gasteiger partial charge is 0.0510 e. The first-order chi connectivity index (χ1) is 8.40. The Bertz CT molecular complexity index is 196. The van der Waals surface area contributed by atoms with Crippen molar-refractivity contribution in [3.05, 3.63) is 0 Å². The fourth-order valence-electron chi connectivity index (χ4n) is 3.11. The first-order valence-corrected chi connectivity index (χ1v) is 7.43. The topological polar surface area (TPSA) is 24.5 Å². The van der Waals surface area contributed by atoms with Crippen LogP contribution in [0, 0.1) is 5.92 Å². The van der Waals surface area contributed by atoms with E-state index < -0.39 is 0 Å². The molecule has 2 saturated heterocycles. The Labute approximate surface area is 106 Å². The van der Waals surface area contributed by atoms with Gasteiger partial charge >= 0.3 is 0 Å². The molecular formula is C14H28N2O. The van der Waals surface area contributed by atoms with Crippen LogP contribution in [0.3, 0.4) is 0 Å². The highest BCUT2D eigenvalue weighted by atomic mass is 16.5. The second kappa shape index (κ2) is 7.34. The minimum atomic E-state index is 0.639. The Morgan fingerprint density at radius 1 is 1.24 bits per heavy atom. The normalized spacial score (nSPS) is 29.1. The lowest BCUT2D eigenvalue weighted by molar-refractivity contribution is 0.162. The van der Waals surface area contributed by atoms with Crippen molar-refractivity contribution in [2.75, 3.05) is 39.4 Å². The van der Waals surface area contributed by atoms with E-state index in [4.69, 9.17) is 4.74 Å². The third kappa shape index (κ3) is 4.23. The van der Waals surface area contributed by atoms with Crippen LogP contribution in [-0.2, 0) is 4.74 Å². The summed E-state index contributed by atoms with van der Waals surface area (Å²) in [5, 5.41) is 3.67. The fraction of sp³-hybridized carbons (Fsp3) is 1.00. The summed E-state index contributed by atoms with van der Waals surface area (Å²) >= 11 is 0. The summed E-state index contributed by atoms with van der Waals surface area (Å²) in [4.78, 5) is 2.67. The molecule has 0 aromatic rings. The summed E-state index contributed by atoms with van der Waals surface area (Å²) in [5.41, 5.74) is 0. The summed E-state index contributed by atoms with van der Waals surface area (Å²) in [6.45, 7) is 9.05. The Morgan fingerprint density at radius 2 is 2.00 bits per heavy atom. The molecule has 2 fully saturated rings. The molecule has 0 saturated carbocycles. The van der Waals surface area contributed by atoms with Gasteiger partial charge in [-0.05, 0) is 38.9 Å². The van der Waals surface area contributed by atoms with Crippen LogP contribution in [0.5, 0.6) is 0 Å². The molecule has 0 amide bonds. The molecule has 2 atom stereocenters. The van der Waals surface area contributed by atoms with Crippen molar-refractivity contribution in [1.82, 2.24) is 10.2 Å². The number of nitrogens with zero attached hydrogens (tertiary/aromatic N) is 1. The Morgan fingerprint density at radius 3 is 2.59 bits per heavy atom. The van der Waals surface area contributed by atoms with Gasteiger partial charge in [0.05, 0.1) is 6.61 Å². The number of ether oxygens (including phenoxy) is 1. The first-order valence-electron chi connectivity index (χ1n) is 7.43. The lowest BCUT2D eigenvalue weighted by Crippen LogP contribution is -2.46. The summed E-state index contributed by atoms with van der Waals surface area (Å²) < 4.78 is 5.54. The number of rotatable bonds is 5. The van der Waals surface area contributed by atoms with Crippen molar-refractivity contribution in [1.29, 1.82) is 0 Å². The highest BCUT2D eigenvalue weighted by Gasteiger charge is 2.26. The molecule has 1 N–H and O–H groups in total. The summed E-state index contributed by atoms with van der Waals surface area (Å²) in [5.74, 6) is 0.734. The van der Waals surface area contributed by atoms with Gasteiger partial charge < -0.3 is 15.0 Å². The summed E-state index contributed by atoms with van der Waals surface area (Å²) in [7, 11) is 0. The first kappa shape index (κ1) is 13.3. The second-order valence-electron chi connectivity index (χ2n) is 5.50. The van der Waals surface area contributed by atoms with E-state index in [1.807, 2.05) is 0 Å². The maximum atomic E-state index is 5.54. The maximum absolute atomic E-state index is 5.54. The molecule has 0 spiro atoms. The van der Waals surface area contributed by atoms with Gasteiger partial charge in [-0.2, -0.15) is 0 Å². The maximum Gasteiger partial charge on any atom is 0.0510 e. The Kier molecular flexibility index (Phi) is 5.75. The van der Waals surface area contributed by atoms with Gasteiger partial charge in [-0.15, -0.1) is 0 Å². The zero-order valence-electron chi connectivity index (χ0n) is 11.3. The molecule has 2 aliphatic heterocycles. The van der Waals surface area contributed by atoms with Crippen molar-refractivity contribution >= 4 is 0 Å². The largest absolute Gasteiger partial charge is 0.381 e. The van der Waals surface area contributed by atoms with Crippen LogP contribution in [0.25, 0.3) is 0 Å². The quantitative estimate of drug-likeness (QED) is 0.794. The Balaban J connectivity index is 1.82.